The van der Waals surface area contributed by atoms with Crippen LogP contribution in [0.15, 0.2) is 109 Å². The molecular formula is C65H108O6. The molecule has 0 aliphatic rings. The largest absolute Gasteiger partial charge is 0.462 e. The fourth-order valence-electron chi connectivity index (χ4n) is 7.83. The number of hydrogen-bond acceptors (Lipinski definition) is 6. The molecule has 0 aliphatic heterocycles. The number of allylic oxidation sites excluding steroid dienone is 18. The van der Waals surface area contributed by atoms with Crippen molar-refractivity contribution in [3.63, 3.8) is 0 Å². The summed E-state index contributed by atoms with van der Waals surface area (Å²) in [4.78, 5) is 38.2. The Morgan fingerprint density at radius 1 is 0.296 bits per heavy atom. The van der Waals surface area contributed by atoms with Crippen molar-refractivity contribution < 1.29 is 28.6 Å². The van der Waals surface area contributed by atoms with E-state index in [9.17, 15) is 14.4 Å². The Morgan fingerprint density at radius 3 is 0.930 bits per heavy atom. The second-order valence-electron chi connectivity index (χ2n) is 19.2. The summed E-state index contributed by atoms with van der Waals surface area (Å²) in [6, 6.07) is 0. The summed E-state index contributed by atoms with van der Waals surface area (Å²) in [7, 11) is 0. The molecule has 0 fully saturated rings. The van der Waals surface area contributed by atoms with E-state index >= 15 is 0 Å². The first-order valence-electron chi connectivity index (χ1n) is 29.4. The normalized spacial score (nSPS) is 12.9. The first-order valence-corrected chi connectivity index (χ1v) is 29.4. The Labute approximate surface area is 438 Å². The van der Waals surface area contributed by atoms with Crippen molar-refractivity contribution in [3.05, 3.63) is 109 Å². The van der Waals surface area contributed by atoms with E-state index in [4.69, 9.17) is 14.2 Å². The lowest BCUT2D eigenvalue weighted by Gasteiger charge is -2.18. The van der Waals surface area contributed by atoms with E-state index in [1.54, 1.807) is 0 Å². The van der Waals surface area contributed by atoms with Crippen LogP contribution in [0.5, 0.6) is 0 Å². The Hall–Kier alpha value is -3.93. The van der Waals surface area contributed by atoms with E-state index in [0.717, 1.165) is 116 Å². The van der Waals surface area contributed by atoms with Gasteiger partial charge in [-0.15, -0.1) is 0 Å². The van der Waals surface area contributed by atoms with Crippen LogP contribution in [0.2, 0.25) is 0 Å². The third-order valence-corrected chi connectivity index (χ3v) is 12.2. The molecular weight excluding hydrogens is 877 g/mol. The minimum absolute atomic E-state index is 0.105. The zero-order valence-corrected chi connectivity index (χ0v) is 46.2. The Kier molecular flexibility index (Phi) is 55.4. The average molecular weight is 986 g/mol. The summed E-state index contributed by atoms with van der Waals surface area (Å²) >= 11 is 0. The third kappa shape index (κ3) is 56.9. The van der Waals surface area contributed by atoms with E-state index in [0.29, 0.717) is 19.3 Å². The highest BCUT2D eigenvalue weighted by molar-refractivity contribution is 5.71. The maximum Gasteiger partial charge on any atom is 0.306 e. The molecule has 0 bridgehead atoms. The second kappa shape index (κ2) is 58.6. The molecule has 0 aromatic heterocycles. The highest BCUT2D eigenvalue weighted by Gasteiger charge is 2.19. The highest BCUT2D eigenvalue weighted by atomic mass is 16.6. The predicted octanol–water partition coefficient (Wildman–Crippen LogP) is 19.9. The van der Waals surface area contributed by atoms with E-state index in [-0.39, 0.29) is 37.5 Å². The molecule has 0 aromatic carbocycles. The molecule has 0 N–H and O–H groups in total. The molecule has 0 aromatic rings. The van der Waals surface area contributed by atoms with Crippen molar-refractivity contribution in [1.82, 2.24) is 0 Å². The van der Waals surface area contributed by atoms with Crippen LogP contribution >= 0.6 is 0 Å². The molecule has 71 heavy (non-hydrogen) atoms. The molecule has 0 amide bonds. The topological polar surface area (TPSA) is 78.9 Å². The van der Waals surface area contributed by atoms with Gasteiger partial charge in [0.1, 0.15) is 13.2 Å². The van der Waals surface area contributed by atoms with Crippen LogP contribution in [-0.4, -0.2) is 37.2 Å². The van der Waals surface area contributed by atoms with Crippen LogP contribution in [0.4, 0.5) is 0 Å². The lowest BCUT2D eigenvalue weighted by atomic mass is 10.1. The van der Waals surface area contributed by atoms with E-state index in [1.807, 2.05) is 0 Å². The summed E-state index contributed by atoms with van der Waals surface area (Å²) < 4.78 is 16.8. The summed E-state index contributed by atoms with van der Waals surface area (Å²) in [5.41, 5.74) is 0. The van der Waals surface area contributed by atoms with Gasteiger partial charge >= 0.3 is 17.9 Å². The Bertz CT molecular complexity index is 1460. The first kappa shape index (κ1) is 67.1. The minimum atomic E-state index is -0.811. The molecule has 6 heteroatoms. The number of carbonyl (C=O) groups is 3. The molecule has 0 spiro atoms. The minimum Gasteiger partial charge on any atom is -0.462 e. The van der Waals surface area contributed by atoms with Crippen LogP contribution in [0.25, 0.3) is 0 Å². The van der Waals surface area contributed by atoms with Gasteiger partial charge in [-0.2, -0.15) is 0 Å². The smallest absolute Gasteiger partial charge is 0.306 e. The highest BCUT2D eigenvalue weighted by Crippen LogP contribution is 2.14. The van der Waals surface area contributed by atoms with Gasteiger partial charge in [0.25, 0.3) is 0 Å². The molecule has 1 atom stereocenters. The van der Waals surface area contributed by atoms with Gasteiger partial charge < -0.3 is 14.2 Å². The van der Waals surface area contributed by atoms with Crippen LogP contribution in [0, 0.1) is 0 Å². The van der Waals surface area contributed by atoms with E-state index in [1.165, 1.54) is 103 Å². The molecule has 0 radical (unpaired) electrons. The molecule has 0 heterocycles. The average Bonchev–Trinajstić information content (AvgIpc) is 3.37. The van der Waals surface area contributed by atoms with Crippen LogP contribution in [0.3, 0.4) is 0 Å². The SMILES string of the molecule is CC/C=C\C/C=C\C/C=C\C/C=C\C/C=C\C/C=C\C/C=C\CCCC(=O)OCC(COC(=O)CCCCCCC/C=C\CCCCCCCC)OC(=O)CCCCCCC/C=C\CCCCCCCC. The number of rotatable bonds is 52. The van der Waals surface area contributed by atoms with Gasteiger partial charge in [0, 0.05) is 19.3 Å². The maximum absolute atomic E-state index is 12.9. The van der Waals surface area contributed by atoms with Crippen LogP contribution < -0.4 is 0 Å². The summed E-state index contributed by atoms with van der Waals surface area (Å²) in [5.74, 6) is -0.981. The quantitative estimate of drug-likeness (QED) is 0.0261. The fourth-order valence-corrected chi connectivity index (χ4v) is 7.83. The Morgan fingerprint density at radius 2 is 0.563 bits per heavy atom. The molecule has 404 valence electrons. The summed E-state index contributed by atoms with van der Waals surface area (Å²) in [6.07, 6.45) is 79.4. The van der Waals surface area contributed by atoms with Crippen molar-refractivity contribution in [2.24, 2.45) is 0 Å². The van der Waals surface area contributed by atoms with Crippen molar-refractivity contribution in [1.29, 1.82) is 0 Å². The van der Waals surface area contributed by atoms with Crippen LogP contribution in [-0.2, 0) is 28.6 Å². The number of hydrogen-bond donors (Lipinski definition) is 0. The number of ether oxygens (including phenoxy) is 3. The van der Waals surface area contributed by atoms with Crippen LogP contribution in [0.1, 0.15) is 265 Å². The van der Waals surface area contributed by atoms with Crippen molar-refractivity contribution in [3.8, 4) is 0 Å². The van der Waals surface area contributed by atoms with Gasteiger partial charge in [0.2, 0.25) is 0 Å². The molecule has 6 nitrogen and oxygen atoms in total. The molecule has 0 rings (SSSR count). The fraction of sp³-hybridized carbons (Fsp3) is 0.677. The molecule has 0 aliphatic carbocycles. The molecule has 1 unspecified atom stereocenters. The van der Waals surface area contributed by atoms with Gasteiger partial charge in [-0.25, -0.2) is 0 Å². The maximum atomic E-state index is 12.9. The lowest BCUT2D eigenvalue weighted by Crippen LogP contribution is -2.30. The number of esters is 3. The first-order chi connectivity index (χ1) is 35.0. The standard InChI is InChI=1S/C65H108O6/c1-4-7-10-13-16-19-22-25-28-29-30-31-32-33-34-35-38-40-43-46-49-52-55-58-64(67)70-61-62(71-65(68)59-56-53-50-47-44-41-37-27-24-21-18-15-12-9-6-3)60-69-63(66)57-54-51-48-45-42-39-36-26-23-20-17-14-11-8-5-2/h7,10,16,19,25-28,30-31,33-34,36-38,40,46,49,62H,4-6,8-9,11-15,17-18,20-24,29,32,35,39,41-45,47-48,50-61H2,1-3H3/b10-7-,19-16-,28-25-,31-30-,34-33-,36-26-,37-27-,40-38-,49-46-. The molecule has 0 saturated heterocycles. The third-order valence-electron chi connectivity index (χ3n) is 12.2. The Balaban J connectivity index is 4.50. The zero-order valence-electron chi connectivity index (χ0n) is 46.2. The van der Waals surface area contributed by atoms with Crippen molar-refractivity contribution in [2.75, 3.05) is 13.2 Å². The van der Waals surface area contributed by atoms with E-state index < -0.39 is 6.10 Å². The van der Waals surface area contributed by atoms with Crippen molar-refractivity contribution in [2.45, 2.75) is 271 Å². The van der Waals surface area contributed by atoms with Gasteiger partial charge in [-0.05, 0) is 122 Å². The van der Waals surface area contributed by atoms with Gasteiger partial charge in [-0.1, -0.05) is 233 Å². The van der Waals surface area contributed by atoms with E-state index in [2.05, 4.69) is 130 Å². The zero-order chi connectivity index (χ0) is 51.4. The second-order valence-corrected chi connectivity index (χ2v) is 19.2. The lowest BCUT2D eigenvalue weighted by molar-refractivity contribution is -0.167. The molecule has 0 saturated carbocycles. The predicted molar refractivity (Wildman–Crippen MR) is 307 cm³/mol. The van der Waals surface area contributed by atoms with Gasteiger partial charge in [0.05, 0.1) is 0 Å². The monoisotopic (exact) mass is 985 g/mol. The summed E-state index contributed by atoms with van der Waals surface area (Å²) in [5, 5.41) is 0. The van der Waals surface area contributed by atoms with Crippen molar-refractivity contribution >= 4 is 17.9 Å². The van der Waals surface area contributed by atoms with Gasteiger partial charge in [-0.3, -0.25) is 14.4 Å². The number of unbranched alkanes of at least 4 members (excludes halogenated alkanes) is 23. The summed E-state index contributed by atoms with van der Waals surface area (Å²) in [6.45, 7) is 6.46. The number of carbonyl (C=O) groups excluding carboxylic acids is 3. The van der Waals surface area contributed by atoms with Gasteiger partial charge in [0.15, 0.2) is 6.10 Å².